The van der Waals surface area contributed by atoms with Crippen LogP contribution in [0.4, 0.5) is 0 Å². The Morgan fingerprint density at radius 3 is 3.00 bits per heavy atom. The van der Waals surface area contributed by atoms with Gasteiger partial charge in [0.15, 0.2) is 11.9 Å². The highest BCUT2D eigenvalue weighted by Gasteiger charge is 2.30. The Kier molecular flexibility index (Phi) is 1.92. The quantitative estimate of drug-likeness (QED) is 0.694. The second-order valence-corrected chi connectivity index (χ2v) is 3.66. The smallest absolute Gasteiger partial charge is 0.206 e. The van der Waals surface area contributed by atoms with Crippen LogP contribution < -0.4 is 0 Å². The van der Waals surface area contributed by atoms with Gasteiger partial charge in [0.05, 0.1) is 6.20 Å². The minimum Gasteiger partial charge on any atom is -0.318 e. The van der Waals surface area contributed by atoms with Crippen molar-refractivity contribution in [3.8, 4) is 0 Å². The number of fused-ring (bicyclic) bond motifs is 1. The topological polar surface area (TPSA) is 48.7 Å². The summed E-state index contributed by atoms with van der Waals surface area (Å²) in [5.41, 5.74) is 1.36. The number of ether oxygens (including phenoxy) is 2. The maximum atomic E-state index is 6.01. The predicted octanol–water partition coefficient (Wildman–Crippen LogP) is 1.77. The molecule has 0 N–H and O–H groups in total. The van der Waals surface area contributed by atoms with Crippen LogP contribution in [0.2, 0.25) is 5.15 Å². The zero-order chi connectivity index (χ0) is 10.4. The molecule has 2 aromatic rings. The number of halogens is 1. The van der Waals surface area contributed by atoms with Crippen LogP contribution in [-0.4, -0.2) is 20.9 Å². The summed E-state index contributed by atoms with van der Waals surface area (Å²) in [6.45, 7) is 1.83. The highest BCUT2D eigenvalue weighted by Crippen LogP contribution is 2.31. The Bertz CT molecular complexity index is 507. The van der Waals surface area contributed by atoms with E-state index in [0.717, 1.165) is 0 Å². The van der Waals surface area contributed by atoms with Crippen molar-refractivity contribution in [2.45, 2.75) is 19.5 Å². The fraction of sp³-hybridized carbons (Fsp3) is 0.333. The van der Waals surface area contributed by atoms with Gasteiger partial charge in [0.25, 0.3) is 0 Å². The molecule has 0 unspecified atom stereocenters. The zero-order valence-corrected chi connectivity index (χ0v) is 8.68. The fourth-order valence-corrected chi connectivity index (χ4v) is 1.75. The van der Waals surface area contributed by atoms with Crippen LogP contribution in [0.5, 0.6) is 0 Å². The van der Waals surface area contributed by atoms with Crippen molar-refractivity contribution >= 4 is 17.2 Å². The van der Waals surface area contributed by atoms with E-state index in [1.807, 2.05) is 6.92 Å². The van der Waals surface area contributed by atoms with Crippen molar-refractivity contribution in [1.82, 2.24) is 14.6 Å². The summed E-state index contributed by atoms with van der Waals surface area (Å²) in [6, 6.07) is 3.47. The molecule has 3 rings (SSSR count). The molecule has 5 nitrogen and oxygen atoms in total. The number of hydrogen-bond donors (Lipinski definition) is 0. The normalized spacial score (nSPS) is 25.5. The van der Waals surface area contributed by atoms with Gasteiger partial charge in [-0.3, -0.25) is 0 Å². The fourth-order valence-electron chi connectivity index (χ4n) is 1.51. The molecule has 1 aliphatic rings. The first-order valence-corrected chi connectivity index (χ1v) is 4.93. The van der Waals surface area contributed by atoms with E-state index in [0.29, 0.717) is 16.5 Å². The van der Waals surface area contributed by atoms with Crippen molar-refractivity contribution in [1.29, 1.82) is 0 Å². The number of hydrogen-bond acceptors (Lipinski definition) is 4. The van der Waals surface area contributed by atoms with Gasteiger partial charge in [-0.25, -0.2) is 9.50 Å². The van der Waals surface area contributed by atoms with Gasteiger partial charge in [0.2, 0.25) is 6.29 Å². The summed E-state index contributed by atoms with van der Waals surface area (Å²) in [5, 5.41) is 4.51. The van der Waals surface area contributed by atoms with Crippen molar-refractivity contribution in [2.75, 3.05) is 0 Å². The molecule has 15 heavy (non-hydrogen) atoms. The molecule has 1 fully saturated rings. The Balaban J connectivity index is 2.05. The van der Waals surface area contributed by atoms with E-state index < -0.39 is 6.29 Å². The average molecular weight is 226 g/mol. The summed E-state index contributed by atoms with van der Waals surface area (Å²) in [7, 11) is 0. The highest BCUT2D eigenvalue weighted by atomic mass is 35.5. The first-order valence-electron chi connectivity index (χ1n) is 4.55. The van der Waals surface area contributed by atoms with Gasteiger partial charge in [0.1, 0.15) is 10.8 Å². The summed E-state index contributed by atoms with van der Waals surface area (Å²) < 4.78 is 12.2. The molecule has 0 atom stereocenters. The minimum atomic E-state index is -0.405. The first-order chi connectivity index (χ1) is 7.24. The van der Waals surface area contributed by atoms with E-state index in [-0.39, 0.29) is 6.29 Å². The predicted molar refractivity (Wildman–Crippen MR) is 52.4 cm³/mol. The molecular weight excluding hydrogens is 218 g/mol. The Morgan fingerprint density at radius 1 is 1.47 bits per heavy atom. The van der Waals surface area contributed by atoms with Crippen LogP contribution in [0, 0.1) is 0 Å². The van der Waals surface area contributed by atoms with Crippen LogP contribution in [0.25, 0.3) is 5.65 Å². The number of nitrogens with zero attached hydrogens (tertiary/aromatic N) is 3. The third-order valence-electron chi connectivity index (χ3n) is 2.21. The molecule has 3 heterocycles. The van der Waals surface area contributed by atoms with Crippen LogP contribution in [0.1, 0.15) is 18.9 Å². The van der Waals surface area contributed by atoms with Gasteiger partial charge in [-0.05, 0) is 6.92 Å². The highest BCUT2D eigenvalue weighted by molar-refractivity contribution is 6.29. The van der Waals surface area contributed by atoms with E-state index in [2.05, 4.69) is 10.1 Å². The molecule has 0 aliphatic carbocycles. The zero-order valence-electron chi connectivity index (χ0n) is 7.92. The van der Waals surface area contributed by atoms with E-state index in [1.54, 1.807) is 22.8 Å². The lowest BCUT2D eigenvalue weighted by Gasteiger charge is -2.33. The van der Waals surface area contributed by atoms with Gasteiger partial charge in [-0.2, -0.15) is 5.10 Å². The van der Waals surface area contributed by atoms with Crippen molar-refractivity contribution in [3.63, 3.8) is 0 Å². The average Bonchev–Trinajstić information content (AvgIpc) is 2.61. The lowest BCUT2D eigenvalue weighted by atomic mass is 10.3. The van der Waals surface area contributed by atoms with E-state index >= 15 is 0 Å². The molecule has 0 saturated carbocycles. The SMILES string of the molecule is CC1OC(c2cc(Cl)n3nccc3n2)O1. The molecule has 1 saturated heterocycles. The van der Waals surface area contributed by atoms with Crippen LogP contribution in [0.15, 0.2) is 18.3 Å². The van der Waals surface area contributed by atoms with Gasteiger partial charge in [-0.15, -0.1) is 0 Å². The van der Waals surface area contributed by atoms with Gasteiger partial charge >= 0.3 is 0 Å². The second-order valence-electron chi connectivity index (χ2n) is 3.28. The van der Waals surface area contributed by atoms with Crippen LogP contribution in [-0.2, 0) is 9.47 Å². The minimum absolute atomic E-state index is 0.170. The number of aromatic nitrogens is 3. The van der Waals surface area contributed by atoms with Gasteiger partial charge in [0, 0.05) is 12.1 Å². The lowest BCUT2D eigenvalue weighted by Crippen LogP contribution is -2.32. The Hall–Kier alpha value is -1.17. The largest absolute Gasteiger partial charge is 0.318 e. The standard InChI is InChI=1S/C9H8ClN3O2/c1-5-14-9(15-5)6-4-7(10)13-8(12-6)2-3-11-13/h2-5,9H,1H3. The third kappa shape index (κ3) is 1.40. The van der Waals surface area contributed by atoms with E-state index in [4.69, 9.17) is 21.1 Å². The van der Waals surface area contributed by atoms with Crippen LogP contribution in [0.3, 0.4) is 0 Å². The van der Waals surface area contributed by atoms with E-state index in [1.165, 1.54) is 0 Å². The first kappa shape index (κ1) is 9.08. The molecular formula is C9H8ClN3O2. The lowest BCUT2D eigenvalue weighted by molar-refractivity contribution is -0.383. The molecule has 0 spiro atoms. The molecule has 1 aliphatic heterocycles. The summed E-state index contributed by atoms with van der Waals surface area (Å²) in [6.07, 6.45) is 1.07. The monoisotopic (exact) mass is 225 g/mol. The summed E-state index contributed by atoms with van der Waals surface area (Å²) in [5.74, 6) is 0. The molecule has 6 heteroatoms. The molecule has 0 aromatic carbocycles. The maximum absolute atomic E-state index is 6.01. The summed E-state index contributed by atoms with van der Waals surface area (Å²) in [4.78, 5) is 4.32. The summed E-state index contributed by atoms with van der Waals surface area (Å²) >= 11 is 6.01. The van der Waals surface area contributed by atoms with Crippen molar-refractivity contribution in [2.24, 2.45) is 0 Å². The van der Waals surface area contributed by atoms with Gasteiger partial charge in [-0.1, -0.05) is 11.6 Å². The second kappa shape index (κ2) is 3.16. The van der Waals surface area contributed by atoms with Gasteiger partial charge < -0.3 is 9.47 Å². The molecule has 78 valence electrons. The Labute approximate surface area is 90.6 Å². The third-order valence-corrected chi connectivity index (χ3v) is 2.48. The van der Waals surface area contributed by atoms with Crippen molar-refractivity contribution in [3.05, 3.63) is 29.2 Å². The van der Waals surface area contributed by atoms with Crippen LogP contribution >= 0.6 is 11.6 Å². The molecule has 0 amide bonds. The molecule has 0 radical (unpaired) electrons. The molecule has 0 bridgehead atoms. The number of rotatable bonds is 1. The molecule has 2 aromatic heterocycles. The van der Waals surface area contributed by atoms with E-state index in [9.17, 15) is 0 Å². The van der Waals surface area contributed by atoms with Crippen molar-refractivity contribution < 1.29 is 9.47 Å². The maximum Gasteiger partial charge on any atom is 0.206 e. The Morgan fingerprint density at radius 2 is 2.27 bits per heavy atom.